The van der Waals surface area contributed by atoms with Gasteiger partial charge in [-0.2, -0.15) is 0 Å². The van der Waals surface area contributed by atoms with E-state index in [1.807, 2.05) is 29.2 Å². The molecule has 1 aromatic heterocycles. The van der Waals surface area contributed by atoms with E-state index < -0.39 is 0 Å². The Morgan fingerprint density at radius 2 is 1.79 bits per heavy atom. The van der Waals surface area contributed by atoms with Crippen molar-refractivity contribution in [3.8, 4) is 11.5 Å². The highest BCUT2D eigenvalue weighted by atomic mass is 32.1. The summed E-state index contributed by atoms with van der Waals surface area (Å²) in [7, 11) is 3.17. The van der Waals surface area contributed by atoms with E-state index in [-0.39, 0.29) is 5.82 Å². The fraction of sp³-hybridized carbons (Fsp3) is 0.190. The summed E-state index contributed by atoms with van der Waals surface area (Å²) in [5, 5.41) is 3.73. The molecule has 0 aliphatic rings. The number of furan rings is 1. The molecule has 0 unspecified atom stereocenters. The maximum absolute atomic E-state index is 13.2. The van der Waals surface area contributed by atoms with Gasteiger partial charge in [0.25, 0.3) is 0 Å². The van der Waals surface area contributed by atoms with E-state index in [0.29, 0.717) is 29.7 Å². The van der Waals surface area contributed by atoms with Crippen LogP contribution in [0.25, 0.3) is 0 Å². The zero-order valence-electron chi connectivity index (χ0n) is 15.6. The van der Waals surface area contributed by atoms with Gasteiger partial charge in [-0.3, -0.25) is 0 Å². The first-order valence-corrected chi connectivity index (χ1v) is 9.04. The summed E-state index contributed by atoms with van der Waals surface area (Å²) >= 11 is 5.62. The van der Waals surface area contributed by atoms with Crippen molar-refractivity contribution in [2.75, 3.05) is 19.5 Å². The molecule has 5 nitrogen and oxygen atoms in total. The van der Waals surface area contributed by atoms with Crippen molar-refractivity contribution in [3.63, 3.8) is 0 Å². The molecular weight excluding hydrogens is 379 g/mol. The first kappa shape index (κ1) is 19.7. The zero-order chi connectivity index (χ0) is 19.9. The molecule has 3 rings (SSSR count). The van der Waals surface area contributed by atoms with Crippen LogP contribution in [0.1, 0.15) is 11.3 Å². The number of methoxy groups -OCH3 is 2. The summed E-state index contributed by atoms with van der Waals surface area (Å²) in [6, 6.07) is 15.5. The van der Waals surface area contributed by atoms with Crippen LogP contribution in [-0.2, 0) is 13.1 Å². The van der Waals surface area contributed by atoms with Crippen molar-refractivity contribution in [2.24, 2.45) is 0 Å². The van der Waals surface area contributed by atoms with Gasteiger partial charge in [-0.05, 0) is 54.2 Å². The molecule has 0 aliphatic carbocycles. The molecule has 1 N–H and O–H groups in total. The van der Waals surface area contributed by atoms with E-state index in [2.05, 4.69) is 5.32 Å². The fourth-order valence-electron chi connectivity index (χ4n) is 2.72. The second kappa shape index (κ2) is 9.23. The van der Waals surface area contributed by atoms with Crippen LogP contribution >= 0.6 is 12.2 Å². The monoisotopic (exact) mass is 400 g/mol. The standard InChI is InChI=1S/C21H21FN2O3S/c1-25-19-10-9-17(12-20(19)26-2)23-21(28)24(14-18-4-3-11-27-18)13-15-5-7-16(22)8-6-15/h3-12H,13-14H2,1-2H3,(H,23,28). The Labute approximate surface area is 168 Å². The normalized spacial score (nSPS) is 10.4. The predicted molar refractivity (Wildman–Crippen MR) is 110 cm³/mol. The Morgan fingerprint density at radius 1 is 1.04 bits per heavy atom. The largest absolute Gasteiger partial charge is 0.493 e. The Bertz CT molecular complexity index is 914. The molecule has 0 spiro atoms. The Balaban J connectivity index is 1.78. The first-order chi connectivity index (χ1) is 13.6. The number of rotatable bonds is 7. The maximum Gasteiger partial charge on any atom is 0.174 e. The summed E-state index contributed by atoms with van der Waals surface area (Å²) < 4.78 is 29.3. The minimum Gasteiger partial charge on any atom is -0.493 e. The summed E-state index contributed by atoms with van der Waals surface area (Å²) in [5.41, 5.74) is 1.70. The van der Waals surface area contributed by atoms with Gasteiger partial charge in [0.1, 0.15) is 11.6 Å². The average molecular weight is 400 g/mol. The number of anilines is 1. The van der Waals surface area contributed by atoms with E-state index in [1.165, 1.54) is 12.1 Å². The molecule has 0 bridgehead atoms. The van der Waals surface area contributed by atoms with Crippen molar-refractivity contribution in [2.45, 2.75) is 13.1 Å². The molecule has 3 aromatic rings. The van der Waals surface area contributed by atoms with E-state index in [4.69, 9.17) is 26.1 Å². The third-order valence-electron chi connectivity index (χ3n) is 4.14. The maximum atomic E-state index is 13.2. The van der Waals surface area contributed by atoms with Crippen LogP contribution in [0.2, 0.25) is 0 Å². The highest BCUT2D eigenvalue weighted by Gasteiger charge is 2.14. The van der Waals surface area contributed by atoms with Gasteiger partial charge in [0.15, 0.2) is 16.6 Å². The molecule has 0 radical (unpaired) electrons. The summed E-state index contributed by atoms with van der Waals surface area (Å²) in [5.74, 6) is 1.75. The van der Waals surface area contributed by atoms with Gasteiger partial charge in [0.05, 0.1) is 27.0 Å². The van der Waals surface area contributed by atoms with Gasteiger partial charge in [0, 0.05) is 18.3 Å². The number of thiocarbonyl (C=S) groups is 1. The van der Waals surface area contributed by atoms with Crippen molar-refractivity contribution in [1.29, 1.82) is 0 Å². The lowest BCUT2D eigenvalue weighted by atomic mass is 10.2. The van der Waals surface area contributed by atoms with E-state index in [0.717, 1.165) is 17.0 Å². The van der Waals surface area contributed by atoms with Crippen LogP contribution < -0.4 is 14.8 Å². The highest BCUT2D eigenvalue weighted by Crippen LogP contribution is 2.30. The molecule has 0 saturated carbocycles. The molecular formula is C21H21FN2O3S. The predicted octanol–water partition coefficient (Wildman–Crippen LogP) is 4.84. The van der Waals surface area contributed by atoms with Crippen LogP contribution in [0, 0.1) is 5.82 Å². The molecule has 0 saturated heterocycles. The molecule has 0 atom stereocenters. The van der Waals surface area contributed by atoms with Crippen LogP contribution in [0.5, 0.6) is 11.5 Å². The molecule has 7 heteroatoms. The number of ether oxygens (including phenoxy) is 2. The minimum absolute atomic E-state index is 0.271. The summed E-state index contributed by atoms with van der Waals surface area (Å²) in [6.45, 7) is 0.976. The van der Waals surface area contributed by atoms with Crippen LogP contribution in [0.3, 0.4) is 0 Å². The molecule has 146 valence electrons. The van der Waals surface area contributed by atoms with Gasteiger partial charge in [-0.15, -0.1) is 0 Å². The van der Waals surface area contributed by atoms with Crippen LogP contribution in [0.15, 0.2) is 65.3 Å². The quantitative estimate of drug-likeness (QED) is 0.573. The van der Waals surface area contributed by atoms with Gasteiger partial charge in [-0.25, -0.2) is 4.39 Å². The number of benzene rings is 2. The van der Waals surface area contributed by atoms with Crippen molar-refractivity contribution in [1.82, 2.24) is 4.90 Å². The summed E-state index contributed by atoms with van der Waals surface area (Å²) in [6.07, 6.45) is 1.62. The fourth-order valence-corrected chi connectivity index (χ4v) is 2.96. The van der Waals surface area contributed by atoms with Crippen molar-refractivity contribution in [3.05, 3.63) is 78.0 Å². The second-order valence-electron chi connectivity index (χ2n) is 6.06. The lowest BCUT2D eigenvalue weighted by Crippen LogP contribution is -2.33. The topological polar surface area (TPSA) is 46.9 Å². The number of nitrogens with zero attached hydrogens (tertiary/aromatic N) is 1. The lowest BCUT2D eigenvalue weighted by molar-refractivity contribution is 0.355. The van der Waals surface area contributed by atoms with Gasteiger partial charge >= 0.3 is 0 Å². The molecule has 0 aliphatic heterocycles. The third kappa shape index (κ3) is 5.01. The molecule has 1 heterocycles. The van der Waals surface area contributed by atoms with E-state index >= 15 is 0 Å². The smallest absolute Gasteiger partial charge is 0.174 e. The molecule has 0 fully saturated rings. The number of hydrogen-bond donors (Lipinski definition) is 1. The van der Waals surface area contributed by atoms with Gasteiger partial charge in [0.2, 0.25) is 0 Å². The van der Waals surface area contributed by atoms with E-state index in [9.17, 15) is 4.39 Å². The Hall–Kier alpha value is -3.06. The number of hydrogen-bond acceptors (Lipinski definition) is 4. The van der Waals surface area contributed by atoms with E-state index in [1.54, 1.807) is 38.7 Å². The Morgan fingerprint density at radius 3 is 2.43 bits per heavy atom. The van der Waals surface area contributed by atoms with Crippen molar-refractivity contribution < 1.29 is 18.3 Å². The van der Waals surface area contributed by atoms with Crippen molar-refractivity contribution >= 4 is 23.0 Å². The second-order valence-corrected chi connectivity index (χ2v) is 6.45. The summed E-state index contributed by atoms with van der Waals surface area (Å²) in [4.78, 5) is 1.94. The van der Waals surface area contributed by atoms with Gasteiger partial charge in [-0.1, -0.05) is 12.1 Å². The third-order valence-corrected chi connectivity index (χ3v) is 4.50. The Kier molecular flexibility index (Phi) is 6.49. The molecule has 2 aromatic carbocycles. The SMILES string of the molecule is COc1ccc(NC(=S)N(Cc2ccc(F)cc2)Cc2ccco2)cc1OC. The highest BCUT2D eigenvalue weighted by molar-refractivity contribution is 7.80. The minimum atomic E-state index is -0.271. The molecule has 28 heavy (non-hydrogen) atoms. The van der Waals surface area contributed by atoms with Gasteiger partial charge < -0.3 is 24.1 Å². The lowest BCUT2D eigenvalue weighted by Gasteiger charge is -2.25. The number of nitrogens with one attached hydrogen (secondary N) is 1. The number of halogens is 1. The zero-order valence-corrected chi connectivity index (χ0v) is 16.5. The van der Waals surface area contributed by atoms with Crippen LogP contribution in [-0.4, -0.2) is 24.2 Å². The van der Waals surface area contributed by atoms with Crippen LogP contribution in [0.4, 0.5) is 10.1 Å². The first-order valence-electron chi connectivity index (χ1n) is 8.64. The molecule has 0 amide bonds. The average Bonchev–Trinajstić information content (AvgIpc) is 3.22.